The molecule has 1 fully saturated rings. The summed E-state index contributed by atoms with van der Waals surface area (Å²) >= 11 is 0. The fourth-order valence-electron chi connectivity index (χ4n) is 4.33. The maximum absolute atomic E-state index is 13.4. The van der Waals surface area contributed by atoms with Gasteiger partial charge in [-0.1, -0.05) is 36.4 Å². The quantitative estimate of drug-likeness (QED) is 0.495. The third kappa shape index (κ3) is 4.04. The predicted octanol–water partition coefficient (Wildman–Crippen LogP) is 5.10. The van der Waals surface area contributed by atoms with Crippen LogP contribution in [0, 0.1) is 6.92 Å². The van der Waals surface area contributed by atoms with Crippen LogP contribution in [0.1, 0.15) is 40.5 Å². The molecule has 1 aromatic carbocycles. The van der Waals surface area contributed by atoms with E-state index >= 15 is 0 Å². The van der Waals surface area contributed by atoms with Crippen molar-refractivity contribution in [2.24, 2.45) is 0 Å². The van der Waals surface area contributed by atoms with Crippen LogP contribution >= 0.6 is 0 Å². The Morgan fingerprint density at radius 3 is 2.81 bits per heavy atom. The SMILES string of the molecule is Cc1cccnc1Nc1cccc(C2CCCN(C(=O)c3nccc4ccccc34)C2)n1. The number of fused-ring (bicyclic) bond motifs is 1. The van der Waals surface area contributed by atoms with Crippen LogP contribution in [0.5, 0.6) is 0 Å². The Labute approximate surface area is 187 Å². The first-order chi connectivity index (χ1) is 15.7. The molecule has 3 aromatic heterocycles. The van der Waals surface area contributed by atoms with Gasteiger partial charge >= 0.3 is 0 Å². The van der Waals surface area contributed by atoms with Gasteiger partial charge in [-0.3, -0.25) is 9.78 Å². The largest absolute Gasteiger partial charge is 0.337 e. The maximum Gasteiger partial charge on any atom is 0.273 e. The van der Waals surface area contributed by atoms with Crippen LogP contribution < -0.4 is 5.32 Å². The van der Waals surface area contributed by atoms with Gasteiger partial charge in [-0.15, -0.1) is 0 Å². The van der Waals surface area contributed by atoms with Crippen LogP contribution in [0.4, 0.5) is 11.6 Å². The summed E-state index contributed by atoms with van der Waals surface area (Å²) in [7, 11) is 0. The van der Waals surface area contributed by atoms with Crippen molar-refractivity contribution in [1.29, 1.82) is 0 Å². The fraction of sp³-hybridized carbons (Fsp3) is 0.231. The van der Waals surface area contributed by atoms with E-state index in [0.29, 0.717) is 12.2 Å². The molecule has 5 rings (SSSR count). The van der Waals surface area contributed by atoms with E-state index in [-0.39, 0.29) is 11.8 Å². The van der Waals surface area contributed by atoms with Crippen molar-refractivity contribution >= 4 is 28.3 Å². The number of amides is 1. The minimum atomic E-state index is -0.00936. The number of carbonyl (C=O) groups is 1. The lowest BCUT2D eigenvalue weighted by Crippen LogP contribution is -2.39. The standard InChI is InChI=1S/C26H25N5O/c1-18-7-5-14-28-25(18)30-23-12-4-11-22(29-23)20-9-6-16-31(17-20)26(32)24-21-10-3-2-8-19(21)13-15-27-24/h2-5,7-8,10-15,20H,6,9,16-17H2,1H3,(H,28,29,30). The number of nitrogens with one attached hydrogen (secondary N) is 1. The third-order valence-corrected chi connectivity index (χ3v) is 6.03. The van der Waals surface area contributed by atoms with E-state index in [1.807, 2.05) is 72.5 Å². The molecule has 0 bridgehead atoms. The Bertz CT molecular complexity index is 1270. The second-order valence-corrected chi connectivity index (χ2v) is 8.21. The number of anilines is 2. The Morgan fingerprint density at radius 1 is 1.00 bits per heavy atom. The summed E-state index contributed by atoms with van der Waals surface area (Å²) in [5, 5.41) is 5.25. The molecule has 1 atom stereocenters. The van der Waals surface area contributed by atoms with Crippen LogP contribution in [-0.4, -0.2) is 38.8 Å². The zero-order valence-corrected chi connectivity index (χ0v) is 18.0. The zero-order valence-electron chi connectivity index (χ0n) is 18.0. The van der Waals surface area contributed by atoms with Crippen molar-refractivity contribution in [3.8, 4) is 0 Å². The highest BCUT2D eigenvalue weighted by atomic mass is 16.2. The van der Waals surface area contributed by atoms with Gasteiger partial charge in [-0.25, -0.2) is 9.97 Å². The number of nitrogens with zero attached hydrogens (tertiary/aromatic N) is 4. The average molecular weight is 424 g/mol. The first-order valence-electron chi connectivity index (χ1n) is 11.0. The third-order valence-electron chi connectivity index (χ3n) is 6.03. The Morgan fingerprint density at radius 2 is 1.91 bits per heavy atom. The van der Waals surface area contributed by atoms with Gasteiger partial charge in [-0.05, 0) is 55.0 Å². The van der Waals surface area contributed by atoms with Gasteiger partial charge in [0.15, 0.2) is 0 Å². The van der Waals surface area contributed by atoms with Gasteiger partial charge in [0.25, 0.3) is 5.91 Å². The molecule has 4 aromatic rings. The molecule has 160 valence electrons. The number of piperidine rings is 1. The fourth-order valence-corrected chi connectivity index (χ4v) is 4.33. The smallest absolute Gasteiger partial charge is 0.273 e. The van der Waals surface area contributed by atoms with E-state index < -0.39 is 0 Å². The zero-order chi connectivity index (χ0) is 21.9. The van der Waals surface area contributed by atoms with Crippen LogP contribution in [0.3, 0.4) is 0 Å². The van der Waals surface area contributed by atoms with Gasteiger partial charge in [0.2, 0.25) is 0 Å². The molecule has 0 radical (unpaired) electrons. The molecule has 1 aliphatic rings. The second kappa shape index (κ2) is 8.75. The molecule has 32 heavy (non-hydrogen) atoms. The molecule has 1 amide bonds. The highest BCUT2D eigenvalue weighted by Crippen LogP contribution is 2.29. The summed E-state index contributed by atoms with van der Waals surface area (Å²) in [5.41, 5.74) is 2.58. The van der Waals surface area contributed by atoms with Gasteiger partial charge in [0, 0.05) is 42.5 Å². The summed E-state index contributed by atoms with van der Waals surface area (Å²) in [4.78, 5) is 29.0. The van der Waals surface area contributed by atoms with Crippen molar-refractivity contribution < 1.29 is 4.79 Å². The summed E-state index contributed by atoms with van der Waals surface area (Å²) in [6.07, 6.45) is 5.43. The van der Waals surface area contributed by atoms with Crippen molar-refractivity contribution in [2.75, 3.05) is 18.4 Å². The van der Waals surface area contributed by atoms with Crippen LogP contribution in [0.25, 0.3) is 10.8 Å². The van der Waals surface area contributed by atoms with Crippen molar-refractivity contribution in [2.45, 2.75) is 25.7 Å². The van der Waals surface area contributed by atoms with Crippen LogP contribution in [0.15, 0.2) is 73.1 Å². The Hall–Kier alpha value is -3.80. The normalized spacial score (nSPS) is 16.2. The number of aromatic nitrogens is 3. The first kappa shape index (κ1) is 20.1. The average Bonchev–Trinajstić information content (AvgIpc) is 2.85. The topological polar surface area (TPSA) is 71.0 Å². The molecular formula is C26H25N5O. The number of benzene rings is 1. The van der Waals surface area contributed by atoms with E-state index in [1.54, 1.807) is 12.4 Å². The molecular weight excluding hydrogens is 398 g/mol. The molecule has 1 N–H and O–H groups in total. The van der Waals surface area contributed by atoms with E-state index in [1.165, 1.54) is 0 Å². The highest BCUT2D eigenvalue weighted by Gasteiger charge is 2.28. The molecule has 1 saturated heterocycles. The minimum Gasteiger partial charge on any atom is -0.337 e. The summed E-state index contributed by atoms with van der Waals surface area (Å²) in [6.45, 7) is 3.40. The van der Waals surface area contributed by atoms with E-state index in [9.17, 15) is 4.79 Å². The predicted molar refractivity (Wildman–Crippen MR) is 126 cm³/mol. The van der Waals surface area contributed by atoms with Gasteiger partial charge in [0.05, 0.1) is 0 Å². The minimum absolute atomic E-state index is 0.00936. The molecule has 1 unspecified atom stereocenters. The number of rotatable bonds is 4. The molecule has 6 heteroatoms. The number of aryl methyl sites for hydroxylation is 1. The van der Waals surface area contributed by atoms with Crippen molar-refractivity contribution in [1.82, 2.24) is 19.9 Å². The van der Waals surface area contributed by atoms with E-state index in [0.717, 1.165) is 53.1 Å². The summed E-state index contributed by atoms with van der Waals surface area (Å²) in [5.74, 6) is 1.75. The number of hydrogen-bond acceptors (Lipinski definition) is 5. The summed E-state index contributed by atoms with van der Waals surface area (Å²) in [6, 6.07) is 19.8. The molecule has 0 aliphatic carbocycles. The van der Waals surface area contributed by atoms with E-state index in [4.69, 9.17) is 4.98 Å². The van der Waals surface area contributed by atoms with Crippen molar-refractivity contribution in [3.05, 3.63) is 90.0 Å². The monoisotopic (exact) mass is 423 g/mol. The Kier molecular flexibility index (Phi) is 5.50. The lowest BCUT2D eigenvalue weighted by Gasteiger charge is -2.32. The Balaban J connectivity index is 1.36. The lowest BCUT2D eigenvalue weighted by atomic mass is 9.93. The van der Waals surface area contributed by atoms with Gasteiger partial charge in [-0.2, -0.15) is 0 Å². The second-order valence-electron chi connectivity index (χ2n) is 8.21. The van der Waals surface area contributed by atoms with Crippen LogP contribution in [-0.2, 0) is 0 Å². The summed E-state index contributed by atoms with van der Waals surface area (Å²) < 4.78 is 0. The lowest BCUT2D eigenvalue weighted by molar-refractivity contribution is 0.0702. The first-order valence-corrected chi connectivity index (χ1v) is 11.0. The van der Waals surface area contributed by atoms with Gasteiger partial charge < -0.3 is 10.2 Å². The number of likely N-dealkylation sites (tertiary alicyclic amines) is 1. The maximum atomic E-state index is 13.4. The number of hydrogen-bond donors (Lipinski definition) is 1. The van der Waals surface area contributed by atoms with Crippen LogP contribution in [0.2, 0.25) is 0 Å². The molecule has 0 saturated carbocycles. The van der Waals surface area contributed by atoms with Gasteiger partial charge in [0.1, 0.15) is 17.3 Å². The molecule has 6 nitrogen and oxygen atoms in total. The van der Waals surface area contributed by atoms with Crippen molar-refractivity contribution in [3.63, 3.8) is 0 Å². The molecule has 4 heterocycles. The number of pyridine rings is 3. The van der Waals surface area contributed by atoms with E-state index in [2.05, 4.69) is 15.3 Å². The molecule has 1 aliphatic heterocycles. The number of carbonyl (C=O) groups excluding carboxylic acids is 1. The molecule has 0 spiro atoms. The highest BCUT2D eigenvalue weighted by molar-refractivity contribution is 6.05.